The summed E-state index contributed by atoms with van der Waals surface area (Å²) in [7, 11) is 1.70. The Balaban J connectivity index is 2.79. The highest BCUT2D eigenvalue weighted by Gasteiger charge is 2.14. The van der Waals surface area contributed by atoms with Gasteiger partial charge in [0.15, 0.2) is 0 Å². The lowest BCUT2D eigenvalue weighted by molar-refractivity contribution is 0.610. The molecule has 0 aromatic heterocycles. The van der Waals surface area contributed by atoms with Gasteiger partial charge in [-0.1, -0.05) is 24.3 Å². The maximum atomic E-state index is 11.5. The van der Waals surface area contributed by atoms with Gasteiger partial charge in [0.2, 0.25) is 0 Å². The molecular formula is C12H12ClNO2S. The van der Waals surface area contributed by atoms with E-state index in [1.165, 1.54) is 6.07 Å². The number of anilines is 1. The van der Waals surface area contributed by atoms with Crippen molar-refractivity contribution in [2.45, 2.75) is 11.8 Å². The first-order chi connectivity index (χ1) is 8.04. The van der Waals surface area contributed by atoms with Crippen LogP contribution in [0.3, 0.4) is 0 Å². The van der Waals surface area contributed by atoms with E-state index in [1.807, 2.05) is 25.1 Å². The molecule has 0 aliphatic heterocycles. The van der Waals surface area contributed by atoms with Crippen LogP contribution in [-0.2, 0) is 9.05 Å². The molecule has 0 radical (unpaired) electrons. The maximum absolute atomic E-state index is 11.5. The number of nitrogens with one attached hydrogen (secondary N) is 1. The lowest BCUT2D eigenvalue weighted by Gasteiger charge is -2.09. The zero-order valence-corrected chi connectivity index (χ0v) is 10.8. The van der Waals surface area contributed by atoms with E-state index in [-0.39, 0.29) is 4.90 Å². The van der Waals surface area contributed by atoms with Crippen molar-refractivity contribution in [2.24, 2.45) is 0 Å². The van der Waals surface area contributed by atoms with Crippen LogP contribution in [0.15, 0.2) is 41.3 Å². The molecule has 3 nitrogen and oxygen atoms in total. The molecule has 1 N–H and O–H groups in total. The van der Waals surface area contributed by atoms with E-state index in [2.05, 4.69) is 5.32 Å². The van der Waals surface area contributed by atoms with E-state index < -0.39 is 9.05 Å². The van der Waals surface area contributed by atoms with Crippen molar-refractivity contribution < 1.29 is 8.42 Å². The Hall–Kier alpha value is -1.26. The minimum absolute atomic E-state index is 0.149. The van der Waals surface area contributed by atoms with Crippen molar-refractivity contribution in [3.8, 4) is 0 Å². The van der Waals surface area contributed by atoms with Crippen molar-refractivity contribution >= 4 is 36.2 Å². The Morgan fingerprint density at radius 2 is 1.76 bits per heavy atom. The highest BCUT2D eigenvalue weighted by atomic mass is 35.7. The van der Waals surface area contributed by atoms with Gasteiger partial charge < -0.3 is 5.32 Å². The summed E-state index contributed by atoms with van der Waals surface area (Å²) in [5, 5.41) is 4.69. The van der Waals surface area contributed by atoms with E-state index in [9.17, 15) is 8.42 Å². The van der Waals surface area contributed by atoms with Gasteiger partial charge in [0, 0.05) is 33.7 Å². The molecule has 2 aromatic carbocycles. The Kier molecular flexibility index (Phi) is 3.26. The highest BCUT2D eigenvalue weighted by Crippen LogP contribution is 2.30. The Labute approximate surface area is 105 Å². The Morgan fingerprint density at radius 3 is 2.41 bits per heavy atom. The molecule has 0 amide bonds. The number of rotatable bonds is 3. The van der Waals surface area contributed by atoms with Gasteiger partial charge in [-0.05, 0) is 19.1 Å². The van der Waals surface area contributed by atoms with Crippen molar-refractivity contribution in [1.82, 2.24) is 0 Å². The SMILES string of the molecule is CCNc1cccc2c(S(=O)(=O)Cl)cccc12. The number of hydrogen-bond acceptors (Lipinski definition) is 3. The van der Waals surface area contributed by atoms with Crippen molar-refractivity contribution in [3.05, 3.63) is 36.4 Å². The fourth-order valence-electron chi connectivity index (χ4n) is 1.84. The molecule has 0 fully saturated rings. The van der Waals surface area contributed by atoms with Crippen molar-refractivity contribution in [2.75, 3.05) is 11.9 Å². The summed E-state index contributed by atoms with van der Waals surface area (Å²) in [4.78, 5) is 0.149. The molecule has 0 saturated heterocycles. The average molecular weight is 270 g/mol. The summed E-state index contributed by atoms with van der Waals surface area (Å²) in [6.45, 7) is 2.76. The van der Waals surface area contributed by atoms with Crippen LogP contribution in [0, 0.1) is 0 Å². The minimum Gasteiger partial charge on any atom is -0.385 e. The second-order valence-electron chi connectivity index (χ2n) is 3.63. The quantitative estimate of drug-likeness (QED) is 0.871. The van der Waals surface area contributed by atoms with Crippen LogP contribution in [0.2, 0.25) is 0 Å². The molecule has 2 aromatic rings. The number of benzene rings is 2. The average Bonchev–Trinajstić information content (AvgIpc) is 2.28. The minimum atomic E-state index is -3.72. The third-order valence-corrected chi connectivity index (χ3v) is 3.89. The fraction of sp³-hybridized carbons (Fsp3) is 0.167. The zero-order valence-electron chi connectivity index (χ0n) is 9.27. The number of hydrogen-bond donors (Lipinski definition) is 1. The molecule has 0 bridgehead atoms. The van der Waals surface area contributed by atoms with Crippen molar-refractivity contribution in [3.63, 3.8) is 0 Å². The van der Waals surface area contributed by atoms with Gasteiger partial charge in [0.05, 0.1) is 4.90 Å². The van der Waals surface area contributed by atoms with E-state index in [4.69, 9.17) is 10.7 Å². The van der Waals surface area contributed by atoms with Crippen LogP contribution in [0.1, 0.15) is 6.92 Å². The van der Waals surface area contributed by atoms with Crippen LogP contribution in [0.25, 0.3) is 10.8 Å². The summed E-state index contributed by atoms with van der Waals surface area (Å²) in [6, 6.07) is 10.6. The Bertz CT molecular complexity index is 653. The standard InChI is InChI=1S/C12H12ClNO2S/c1-2-14-11-7-3-6-10-9(11)5-4-8-12(10)17(13,15)16/h3-8,14H,2H2,1H3. The van der Waals surface area contributed by atoms with Gasteiger partial charge in [-0.2, -0.15) is 0 Å². The van der Waals surface area contributed by atoms with E-state index in [0.29, 0.717) is 5.39 Å². The van der Waals surface area contributed by atoms with Crippen LogP contribution in [0.5, 0.6) is 0 Å². The first-order valence-corrected chi connectivity index (χ1v) is 7.55. The summed E-state index contributed by atoms with van der Waals surface area (Å²) >= 11 is 0. The summed E-state index contributed by atoms with van der Waals surface area (Å²) in [6.07, 6.45) is 0. The molecule has 17 heavy (non-hydrogen) atoms. The van der Waals surface area contributed by atoms with Crippen LogP contribution in [0.4, 0.5) is 5.69 Å². The maximum Gasteiger partial charge on any atom is 0.261 e. The second kappa shape index (κ2) is 4.55. The van der Waals surface area contributed by atoms with Crippen LogP contribution < -0.4 is 5.32 Å². The third kappa shape index (κ3) is 2.37. The smallest absolute Gasteiger partial charge is 0.261 e. The molecule has 90 valence electrons. The predicted molar refractivity (Wildman–Crippen MR) is 71.2 cm³/mol. The van der Waals surface area contributed by atoms with E-state index >= 15 is 0 Å². The number of halogens is 1. The van der Waals surface area contributed by atoms with Crippen LogP contribution in [-0.4, -0.2) is 15.0 Å². The van der Waals surface area contributed by atoms with Gasteiger partial charge in [0.1, 0.15) is 0 Å². The molecule has 0 atom stereocenters. The molecule has 0 heterocycles. The molecule has 0 aliphatic carbocycles. The normalized spacial score (nSPS) is 11.6. The lowest BCUT2D eigenvalue weighted by atomic mass is 10.1. The second-order valence-corrected chi connectivity index (χ2v) is 6.16. The summed E-state index contributed by atoms with van der Waals surface area (Å²) < 4.78 is 22.9. The van der Waals surface area contributed by atoms with Crippen LogP contribution >= 0.6 is 10.7 Å². The Morgan fingerprint density at radius 1 is 1.12 bits per heavy atom. The van der Waals surface area contributed by atoms with E-state index in [1.54, 1.807) is 12.1 Å². The van der Waals surface area contributed by atoms with Gasteiger partial charge >= 0.3 is 0 Å². The topological polar surface area (TPSA) is 46.2 Å². The first-order valence-electron chi connectivity index (χ1n) is 5.24. The first kappa shape index (κ1) is 12.2. The molecule has 2 rings (SSSR count). The zero-order chi connectivity index (χ0) is 12.5. The van der Waals surface area contributed by atoms with E-state index in [0.717, 1.165) is 17.6 Å². The summed E-state index contributed by atoms with van der Waals surface area (Å²) in [5.74, 6) is 0. The molecule has 0 spiro atoms. The molecule has 0 unspecified atom stereocenters. The molecule has 5 heteroatoms. The number of fused-ring (bicyclic) bond motifs is 1. The van der Waals surface area contributed by atoms with Crippen molar-refractivity contribution in [1.29, 1.82) is 0 Å². The fourth-order valence-corrected chi connectivity index (χ4v) is 2.92. The summed E-state index contributed by atoms with van der Waals surface area (Å²) in [5.41, 5.74) is 0.909. The third-order valence-electron chi connectivity index (χ3n) is 2.51. The highest BCUT2D eigenvalue weighted by molar-refractivity contribution is 8.14. The van der Waals surface area contributed by atoms with Gasteiger partial charge in [0.25, 0.3) is 9.05 Å². The van der Waals surface area contributed by atoms with Gasteiger partial charge in [-0.15, -0.1) is 0 Å². The van der Waals surface area contributed by atoms with Gasteiger partial charge in [-0.25, -0.2) is 8.42 Å². The molecule has 0 saturated carbocycles. The van der Waals surface area contributed by atoms with Gasteiger partial charge in [-0.3, -0.25) is 0 Å². The lowest BCUT2D eigenvalue weighted by Crippen LogP contribution is -1.98. The largest absolute Gasteiger partial charge is 0.385 e. The molecule has 0 aliphatic rings. The molecular weight excluding hydrogens is 258 g/mol. The predicted octanol–water partition coefficient (Wildman–Crippen LogP) is 3.20. The monoisotopic (exact) mass is 269 g/mol.